The van der Waals surface area contributed by atoms with Gasteiger partial charge in [-0.3, -0.25) is 0 Å². The van der Waals surface area contributed by atoms with Crippen molar-refractivity contribution in [3.05, 3.63) is 35.4 Å². The van der Waals surface area contributed by atoms with Crippen molar-refractivity contribution in [3.8, 4) is 0 Å². The third kappa shape index (κ3) is 4.02. The third-order valence-electron chi connectivity index (χ3n) is 13.3. The molecule has 0 aromatic heterocycles. The van der Waals surface area contributed by atoms with E-state index in [4.69, 9.17) is 0 Å². The van der Waals surface area contributed by atoms with Gasteiger partial charge in [0.2, 0.25) is 0 Å². The van der Waals surface area contributed by atoms with Crippen LogP contribution in [0.25, 0.3) is 0 Å². The first-order valence-electron chi connectivity index (χ1n) is 15.8. The molecule has 6 rings (SSSR count). The fraction of sp³-hybridized carbons (Fsp3) is 0.794. The van der Waals surface area contributed by atoms with Crippen LogP contribution >= 0.6 is 0 Å². The predicted molar refractivity (Wildman–Crippen MR) is 150 cm³/mol. The molecule has 1 aromatic carbocycles. The highest BCUT2D eigenvalue weighted by Gasteiger charge is 2.65. The van der Waals surface area contributed by atoms with Crippen LogP contribution in [0.2, 0.25) is 0 Å². The highest BCUT2D eigenvalue weighted by atomic mass is 16.4. The summed E-state index contributed by atoms with van der Waals surface area (Å²) in [5.41, 5.74) is 2.07. The molecule has 4 nitrogen and oxygen atoms in total. The molecular weight excluding hydrogens is 472 g/mol. The van der Waals surface area contributed by atoms with Gasteiger partial charge in [-0.25, -0.2) is 4.79 Å². The van der Waals surface area contributed by atoms with Crippen molar-refractivity contribution in [1.29, 1.82) is 0 Å². The van der Waals surface area contributed by atoms with Gasteiger partial charge in [0, 0.05) is 0 Å². The summed E-state index contributed by atoms with van der Waals surface area (Å²) < 4.78 is 0. The SMILES string of the molecule is CC[C@@H]1C2C[C@H](O)CCC2(C)[C@H]2CC[C@]3(C)[C@@H]([C@H](C)CC4CC4c4ccccc4C(=O)O)CC[C@H]3C2[C@@H]1O. The maximum absolute atomic E-state index is 11.9. The maximum atomic E-state index is 11.9. The van der Waals surface area contributed by atoms with Crippen molar-refractivity contribution in [1.82, 2.24) is 0 Å². The molecule has 38 heavy (non-hydrogen) atoms. The second-order valence-corrected chi connectivity index (χ2v) is 14.8. The lowest BCUT2D eigenvalue weighted by molar-refractivity contribution is -0.203. The Morgan fingerprint density at radius 3 is 2.42 bits per heavy atom. The maximum Gasteiger partial charge on any atom is 0.335 e. The van der Waals surface area contributed by atoms with E-state index in [9.17, 15) is 20.1 Å². The van der Waals surface area contributed by atoms with E-state index in [1.807, 2.05) is 18.2 Å². The summed E-state index contributed by atoms with van der Waals surface area (Å²) in [5.74, 6) is 3.88. The molecule has 13 atom stereocenters. The molecule has 0 saturated heterocycles. The lowest BCUT2D eigenvalue weighted by Gasteiger charge is -2.64. The van der Waals surface area contributed by atoms with Crippen molar-refractivity contribution in [2.45, 2.75) is 110 Å². The van der Waals surface area contributed by atoms with E-state index in [2.05, 4.69) is 27.7 Å². The quantitative estimate of drug-likeness (QED) is 0.371. The number of carboxylic acids is 1. The number of hydrogen-bond donors (Lipinski definition) is 3. The Morgan fingerprint density at radius 1 is 0.974 bits per heavy atom. The molecule has 5 aliphatic rings. The molecule has 1 aromatic rings. The van der Waals surface area contributed by atoms with E-state index < -0.39 is 5.97 Å². The molecule has 0 spiro atoms. The van der Waals surface area contributed by atoms with Crippen LogP contribution in [0, 0.1) is 58.2 Å². The van der Waals surface area contributed by atoms with E-state index in [0.717, 1.165) is 37.7 Å². The van der Waals surface area contributed by atoms with Crippen LogP contribution in [-0.2, 0) is 0 Å². The van der Waals surface area contributed by atoms with Crippen molar-refractivity contribution in [2.24, 2.45) is 58.2 Å². The van der Waals surface area contributed by atoms with E-state index >= 15 is 0 Å². The number of rotatable bonds is 6. The average Bonchev–Trinajstić information content (AvgIpc) is 3.55. The van der Waals surface area contributed by atoms with Gasteiger partial charge in [0.15, 0.2) is 0 Å². The van der Waals surface area contributed by atoms with Gasteiger partial charge in [-0.15, -0.1) is 0 Å². The van der Waals surface area contributed by atoms with Crippen LogP contribution in [0.3, 0.4) is 0 Å². The van der Waals surface area contributed by atoms with Gasteiger partial charge in [0.1, 0.15) is 0 Å². The number of fused-ring (bicyclic) bond motifs is 5. The summed E-state index contributed by atoms with van der Waals surface area (Å²) >= 11 is 0. The van der Waals surface area contributed by atoms with E-state index in [-0.39, 0.29) is 17.6 Å². The van der Waals surface area contributed by atoms with E-state index in [1.165, 1.54) is 32.1 Å². The summed E-state index contributed by atoms with van der Waals surface area (Å²) in [4.78, 5) is 11.8. The third-order valence-corrected chi connectivity index (χ3v) is 13.3. The number of aromatic carboxylic acids is 1. The minimum absolute atomic E-state index is 0.190. The first-order valence-corrected chi connectivity index (χ1v) is 15.8. The Morgan fingerprint density at radius 2 is 1.68 bits per heavy atom. The van der Waals surface area contributed by atoms with Gasteiger partial charge in [-0.1, -0.05) is 52.3 Å². The van der Waals surface area contributed by atoms with E-state index in [1.54, 1.807) is 6.07 Å². The van der Waals surface area contributed by atoms with Crippen LogP contribution in [0.15, 0.2) is 24.3 Å². The highest BCUT2D eigenvalue weighted by molar-refractivity contribution is 5.89. The minimum atomic E-state index is -0.804. The summed E-state index contributed by atoms with van der Waals surface area (Å²) in [5, 5.41) is 32.2. The van der Waals surface area contributed by atoms with Crippen LogP contribution in [0.1, 0.15) is 114 Å². The summed E-state index contributed by atoms with van der Waals surface area (Å²) in [7, 11) is 0. The predicted octanol–water partition coefficient (Wildman–Crippen LogP) is 7.14. The molecule has 0 aliphatic heterocycles. The fourth-order valence-electron chi connectivity index (χ4n) is 11.5. The van der Waals surface area contributed by atoms with Gasteiger partial charge in [0.25, 0.3) is 0 Å². The van der Waals surface area contributed by atoms with Gasteiger partial charge in [0.05, 0.1) is 17.8 Å². The van der Waals surface area contributed by atoms with Crippen molar-refractivity contribution in [2.75, 3.05) is 0 Å². The number of carboxylic acid groups (broad SMARTS) is 1. The topological polar surface area (TPSA) is 77.8 Å². The molecule has 5 aliphatic carbocycles. The standard InChI is InChI=1S/C34H50O4/c1-5-22-29-18-21(35)12-14-34(29,4)28-13-15-33(3)26(10-11-27(33)30(28)31(22)36)19(2)16-20-17-25(20)23-8-6-7-9-24(23)32(37)38/h6-9,19-22,25-31,35-36H,5,10-18H2,1-4H3,(H,37,38)/t19-,20?,21-,22-,25?,26-,27+,28+,29?,30?,31-,33-,34?/m1/s1. The molecule has 0 heterocycles. The van der Waals surface area contributed by atoms with Gasteiger partial charge in [-0.2, -0.15) is 0 Å². The average molecular weight is 523 g/mol. The molecule has 210 valence electrons. The molecule has 5 fully saturated rings. The summed E-state index contributed by atoms with van der Waals surface area (Å²) in [6.45, 7) is 9.81. The van der Waals surface area contributed by atoms with Gasteiger partial charge >= 0.3 is 5.97 Å². The van der Waals surface area contributed by atoms with E-state index in [0.29, 0.717) is 64.2 Å². The van der Waals surface area contributed by atoms with Crippen LogP contribution in [-0.4, -0.2) is 33.5 Å². The molecule has 0 radical (unpaired) electrons. The number of aliphatic hydroxyl groups excluding tert-OH is 2. The lowest BCUT2D eigenvalue weighted by atomic mass is 9.41. The van der Waals surface area contributed by atoms with Crippen molar-refractivity contribution < 1.29 is 20.1 Å². The first kappa shape index (κ1) is 26.8. The summed E-state index contributed by atoms with van der Waals surface area (Å²) in [6.07, 6.45) is 10.9. The molecule has 4 heteroatoms. The summed E-state index contributed by atoms with van der Waals surface area (Å²) in [6, 6.07) is 7.61. The Balaban J connectivity index is 1.19. The molecular formula is C34H50O4. The Labute approximate surface area is 229 Å². The Kier molecular flexibility index (Phi) is 6.78. The number of aliphatic hydroxyl groups is 2. The zero-order valence-corrected chi connectivity index (χ0v) is 24.0. The second-order valence-electron chi connectivity index (χ2n) is 14.8. The molecule has 5 saturated carbocycles. The molecule has 3 N–H and O–H groups in total. The fourth-order valence-corrected chi connectivity index (χ4v) is 11.5. The monoisotopic (exact) mass is 522 g/mol. The Hall–Kier alpha value is -1.39. The van der Waals surface area contributed by atoms with Crippen LogP contribution < -0.4 is 0 Å². The van der Waals surface area contributed by atoms with Gasteiger partial charge in [-0.05, 0) is 134 Å². The number of hydrogen-bond acceptors (Lipinski definition) is 3. The lowest BCUT2D eigenvalue weighted by Crippen LogP contribution is -2.62. The second kappa shape index (κ2) is 9.61. The van der Waals surface area contributed by atoms with Crippen molar-refractivity contribution in [3.63, 3.8) is 0 Å². The van der Waals surface area contributed by atoms with Gasteiger partial charge < -0.3 is 15.3 Å². The minimum Gasteiger partial charge on any atom is -0.478 e. The van der Waals surface area contributed by atoms with Crippen LogP contribution in [0.4, 0.5) is 0 Å². The largest absolute Gasteiger partial charge is 0.478 e. The highest BCUT2D eigenvalue weighted by Crippen LogP contribution is 2.70. The number of carbonyl (C=O) groups is 1. The molecule has 0 bridgehead atoms. The zero-order valence-electron chi connectivity index (χ0n) is 24.0. The number of benzene rings is 1. The van der Waals surface area contributed by atoms with Crippen molar-refractivity contribution >= 4 is 5.97 Å². The first-order chi connectivity index (χ1) is 18.1. The molecule has 5 unspecified atom stereocenters. The smallest absolute Gasteiger partial charge is 0.335 e. The molecule has 0 amide bonds. The zero-order chi connectivity index (χ0) is 27.0. The normalized spacial score (nSPS) is 48.5. The van der Waals surface area contributed by atoms with Crippen LogP contribution in [0.5, 0.6) is 0 Å². The Bertz CT molecular complexity index is 1050.